The van der Waals surface area contributed by atoms with Crippen molar-refractivity contribution in [2.45, 2.75) is 24.7 Å². The summed E-state index contributed by atoms with van der Waals surface area (Å²) in [4.78, 5) is 0.358. The van der Waals surface area contributed by atoms with Crippen molar-refractivity contribution in [3.8, 4) is 0 Å². The maximum absolute atomic E-state index is 12.2. The molecule has 0 spiro atoms. The molecule has 3 nitrogen and oxygen atoms in total. The fourth-order valence-corrected chi connectivity index (χ4v) is 4.24. The monoisotopic (exact) mass is 277 g/mol. The van der Waals surface area contributed by atoms with E-state index >= 15 is 0 Å². The SMILES string of the molecule is Cc1ccc(S(=O)(=O)NC[C@@H]2C[C@H]3C=C[C@@H]2C3)cc1. The van der Waals surface area contributed by atoms with Gasteiger partial charge in [0.1, 0.15) is 0 Å². The minimum atomic E-state index is -3.36. The lowest BCUT2D eigenvalue weighted by Crippen LogP contribution is -2.31. The van der Waals surface area contributed by atoms with Crippen molar-refractivity contribution in [2.75, 3.05) is 6.54 Å². The highest BCUT2D eigenvalue weighted by Gasteiger charge is 2.35. The molecule has 0 aliphatic heterocycles. The number of hydrogen-bond acceptors (Lipinski definition) is 2. The van der Waals surface area contributed by atoms with Crippen molar-refractivity contribution in [1.82, 2.24) is 4.72 Å². The highest BCUT2D eigenvalue weighted by Crippen LogP contribution is 2.43. The molecule has 0 heterocycles. The molecule has 2 aliphatic carbocycles. The quantitative estimate of drug-likeness (QED) is 0.859. The standard InChI is InChI=1S/C15H19NO2S/c1-11-2-6-15(7-3-11)19(17,18)16-10-14-9-12-4-5-13(14)8-12/h2-7,12-14,16H,8-10H2,1H3/t12-,13+,14-/m0/s1. The molecule has 0 saturated heterocycles. The van der Waals surface area contributed by atoms with Gasteiger partial charge in [-0.05, 0) is 49.7 Å². The maximum atomic E-state index is 12.2. The number of hydrogen-bond donors (Lipinski definition) is 1. The molecule has 19 heavy (non-hydrogen) atoms. The first-order valence-corrected chi connectivity index (χ1v) is 8.27. The fraction of sp³-hybridized carbons (Fsp3) is 0.467. The summed E-state index contributed by atoms with van der Waals surface area (Å²) in [6, 6.07) is 6.99. The third-order valence-corrected chi connectivity index (χ3v) is 5.72. The zero-order valence-corrected chi connectivity index (χ0v) is 11.9. The van der Waals surface area contributed by atoms with E-state index in [9.17, 15) is 8.42 Å². The topological polar surface area (TPSA) is 46.2 Å². The number of allylic oxidation sites excluding steroid dienone is 2. The van der Waals surface area contributed by atoms with Crippen LogP contribution in [-0.4, -0.2) is 15.0 Å². The van der Waals surface area contributed by atoms with Gasteiger partial charge in [-0.25, -0.2) is 13.1 Å². The molecular weight excluding hydrogens is 258 g/mol. The van der Waals surface area contributed by atoms with Crippen LogP contribution in [0.3, 0.4) is 0 Å². The van der Waals surface area contributed by atoms with E-state index in [1.807, 2.05) is 19.1 Å². The Kier molecular flexibility index (Phi) is 3.23. The molecule has 0 amide bonds. The molecule has 0 aromatic heterocycles. The van der Waals surface area contributed by atoms with Gasteiger partial charge in [-0.2, -0.15) is 0 Å². The lowest BCUT2D eigenvalue weighted by Gasteiger charge is -2.18. The Hall–Kier alpha value is -1.13. The molecule has 1 N–H and O–H groups in total. The van der Waals surface area contributed by atoms with Gasteiger partial charge >= 0.3 is 0 Å². The summed E-state index contributed by atoms with van der Waals surface area (Å²) < 4.78 is 27.1. The van der Waals surface area contributed by atoms with Gasteiger partial charge in [0.2, 0.25) is 10.0 Å². The average molecular weight is 277 g/mol. The molecule has 3 atom stereocenters. The van der Waals surface area contributed by atoms with Crippen LogP contribution < -0.4 is 4.72 Å². The molecular formula is C15H19NO2S. The number of nitrogens with one attached hydrogen (secondary N) is 1. The first-order valence-electron chi connectivity index (χ1n) is 6.79. The average Bonchev–Trinajstić information content (AvgIpc) is 2.99. The van der Waals surface area contributed by atoms with Crippen LogP contribution in [0.5, 0.6) is 0 Å². The Balaban J connectivity index is 1.66. The second kappa shape index (κ2) is 4.76. The van der Waals surface area contributed by atoms with Gasteiger partial charge in [0.25, 0.3) is 0 Å². The van der Waals surface area contributed by atoms with E-state index in [1.54, 1.807) is 12.1 Å². The number of benzene rings is 1. The first kappa shape index (κ1) is 12.9. The van der Waals surface area contributed by atoms with Gasteiger partial charge in [-0.1, -0.05) is 29.8 Å². The Morgan fingerprint density at radius 2 is 1.89 bits per heavy atom. The van der Waals surface area contributed by atoms with Gasteiger partial charge in [0, 0.05) is 6.54 Å². The van der Waals surface area contributed by atoms with E-state index in [1.165, 1.54) is 6.42 Å². The smallest absolute Gasteiger partial charge is 0.211 e. The summed E-state index contributed by atoms with van der Waals surface area (Å²) in [5.74, 6) is 1.72. The summed E-state index contributed by atoms with van der Waals surface area (Å²) in [7, 11) is -3.36. The van der Waals surface area contributed by atoms with Crippen LogP contribution in [0.4, 0.5) is 0 Å². The van der Waals surface area contributed by atoms with E-state index in [-0.39, 0.29) is 0 Å². The first-order chi connectivity index (χ1) is 9.04. The molecule has 4 heteroatoms. The number of sulfonamides is 1. The van der Waals surface area contributed by atoms with Gasteiger partial charge in [-0.3, -0.25) is 0 Å². The maximum Gasteiger partial charge on any atom is 0.240 e. The second-order valence-electron chi connectivity index (χ2n) is 5.71. The van der Waals surface area contributed by atoms with Crippen molar-refractivity contribution >= 4 is 10.0 Å². The molecule has 102 valence electrons. The molecule has 3 rings (SSSR count). The number of fused-ring (bicyclic) bond motifs is 2. The van der Waals surface area contributed by atoms with Crippen LogP contribution in [0.25, 0.3) is 0 Å². The van der Waals surface area contributed by atoms with Crippen molar-refractivity contribution in [2.24, 2.45) is 17.8 Å². The van der Waals surface area contributed by atoms with Crippen LogP contribution in [0, 0.1) is 24.7 Å². The summed E-state index contributed by atoms with van der Waals surface area (Å²) in [6.07, 6.45) is 6.85. The third-order valence-electron chi connectivity index (χ3n) is 4.28. The van der Waals surface area contributed by atoms with Crippen molar-refractivity contribution in [1.29, 1.82) is 0 Å². The highest BCUT2D eigenvalue weighted by atomic mass is 32.2. The van der Waals surface area contributed by atoms with Gasteiger partial charge in [-0.15, -0.1) is 0 Å². The van der Waals surface area contributed by atoms with Crippen molar-refractivity contribution in [3.05, 3.63) is 42.0 Å². The molecule has 1 aromatic carbocycles. The van der Waals surface area contributed by atoms with Gasteiger partial charge in [0.15, 0.2) is 0 Å². The van der Waals surface area contributed by atoms with E-state index in [2.05, 4.69) is 16.9 Å². The van der Waals surface area contributed by atoms with Crippen LogP contribution in [0.1, 0.15) is 18.4 Å². The van der Waals surface area contributed by atoms with E-state index in [0.29, 0.717) is 29.2 Å². The molecule has 1 saturated carbocycles. The minimum absolute atomic E-state index is 0.358. The third kappa shape index (κ3) is 2.60. The zero-order valence-electron chi connectivity index (χ0n) is 11.0. The van der Waals surface area contributed by atoms with E-state index in [0.717, 1.165) is 12.0 Å². The van der Waals surface area contributed by atoms with Crippen LogP contribution in [0.15, 0.2) is 41.3 Å². The van der Waals surface area contributed by atoms with Crippen LogP contribution in [-0.2, 0) is 10.0 Å². The second-order valence-corrected chi connectivity index (χ2v) is 7.47. The highest BCUT2D eigenvalue weighted by molar-refractivity contribution is 7.89. The normalized spacial score (nSPS) is 29.0. The zero-order chi connectivity index (χ0) is 13.5. The fourth-order valence-electron chi connectivity index (χ4n) is 3.15. The Labute approximate surface area is 114 Å². The Morgan fingerprint density at radius 1 is 1.16 bits per heavy atom. The van der Waals surface area contributed by atoms with E-state index in [4.69, 9.17) is 0 Å². The lowest BCUT2D eigenvalue weighted by atomic mass is 9.94. The molecule has 2 aliphatic rings. The van der Waals surface area contributed by atoms with Gasteiger partial charge < -0.3 is 0 Å². The molecule has 1 fully saturated rings. The van der Waals surface area contributed by atoms with Gasteiger partial charge in [0.05, 0.1) is 4.90 Å². The summed E-state index contributed by atoms with van der Waals surface area (Å²) in [5.41, 5.74) is 1.07. The predicted molar refractivity (Wildman–Crippen MR) is 75.2 cm³/mol. The van der Waals surface area contributed by atoms with E-state index < -0.39 is 10.0 Å². The Morgan fingerprint density at radius 3 is 2.47 bits per heavy atom. The van der Waals surface area contributed by atoms with Crippen LogP contribution in [0.2, 0.25) is 0 Å². The largest absolute Gasteiger partial charge is 0.240 e. The predicted octanol–water partition coefficient (Wildman–Crippen LogP) is 2.49. The summed E-state index contributed by atoms with van der Waals surface area (Å²) in [6.45, 7) is 2.51. The summed E-state index contributed by atoms with van der Waals surface area (Å²) >= 11 is 0. The molecule has 0 unspecified atom stereocenters. The van der Waals surface area contributed by atoms with Crippen LogP contribution >= 0.6 is 0 Å². The van der Waals surface area contributed by atoms with Crippen molar-refractivity contribution < 1.29 is 8.42 Å². The number of aryl methyl sites for hydroxylation is 1. The molecule has 2 bridgehead atoms. The molecule has 1 aromatic rings. The minimum Gasteiger partial charge on any atom is -0.211 e. The summed E-state index contributed by atoms with van der Waals surface area (Å²) in [5, 5.41) is 0. The lowest BCUT2D eigenvalue weighted by molar-refractivity contribution is 0.440. The Bertz CT molecular complexity index is 589. The number of rotatable bonds is 4. The van der Waals surface area contributed by atoms with Crippen molar-refractivity contribution in [3.63, 3.8) is 0 Å². The molecule has 0 radical (unpaired) electrons.